The highest BCUT2D eigenvalue weighted by molar-refractivity contribution is 7.92. The summed E-state index contributed by atoms with van der Waals surface area (Å²) >= 11 is 0. The van der Waals surface area contributed by atoms with Crippen molar-refractivity contribution >= 4 is 38.4 Å². The monoisotopic (exact) mass is 462 g/mol. The molecule has 0 aliphatic heterocycles. The lowest BCUT2D eigenvalue weighted by atomic mass is 10.1. The summed E-state index contributed by atoms with van der Waals surface area (Å²) < 4.78 is 27.7. The van der Waals surface area contributed by atoms with E-state index in [0.29, 0.717) is 16.6 Å². The van der Waals surface area contributed by atoms with E-state index in [1.165, 1.54) is 30.5 Å². The summed E-state index contributed by atoms with van der Waals surface area (Å²) in [7, 11) is -3.93. The molecule has 2 amide bonds. The Morgan fingerprint density at radius 2 is 1.48 bits per heavy atom. The lowest BCUT2D eigenvalue weighted by molar-refractivity contribution is 0.0846. The van der Waals surface area contributed by atoms with E-state index in [0.717, 1.165) is 0 Å². The SMILES string of the molecule is O=C(NNC(=O)c1c[nH]c2ccccc2c1=O)c1cccc(S(=O)(=O)Nc2ccccc2)c1. The van der Waals surface area contributed by atoms with Crippen molar-refractivity contribution in [3.63, 3.8) is 0 Å². The number of amides is 2. The number of carbonyl (C=O) groups is 2. The number of fused-ring (bicyclic) bond motifs is 1. The molecule has 1 heterocycles. The van der Waals surface area contributed by atoms with Crippen LogP contribution in [0.2, 0.25) is 0 Å². The topological polar surface area (TPSA) is 137 Å². The summed E-state index contributed by atoms with van der Waals surface area (Å²) in [6, 6.07) is 20.3. The molecule has 166 valence electrons. The van der Waals surface area contributed by atoms with Gasteiger partial charge in [-0.1, -0.05) is 36.4 Å². The molecular formula is C23H18N4O5S. The zero-order valence-electron chi connectivity index (χ0n) is 17.0. The maximum Gasteiger partial charge on any atom is 0.275 e. The maximum atomic E-state index is 12.6. The van der Waals surface area contributed by atoms with Crippen molar-refractivity contribution in [3.8, 4) is 0 Å². The minimum Gasteiger partial charge on any atom is -0.360 e. The molecule has 0 saturated heterocycles. The average Bonchev–Trinajstić information content (AvgIpc) is 2.83. The van der Waals surface area contributed by atoms with Gasteiger partial charge in [0.1, 0.15) is 5.56 Å². The first-order chi connectivity index (χ1) is 15.8. The summed E-state index contributed by atoms with van der Waals surface area (Å²) in [6.45, 7) is 0. The van der Waals surface area contributed by atoms with Crippen LogP contribution in [0.1, 0.15) is 20.7 Å². The number of rotatable bonds is 5. The number of H-pyrrole nitrogens is 1. The normalized spacial score (nSPS) is 11.0. The lowest BCUT2D eigenvalue weighted by Crippen LogP contribution is -2.43. The quantitative estimate of drug-likeness (QED) is 0.338. The van der Waals surface area contributed by atoms with Gasteiger partial charge in [-0.25, -0.2) is 8.42 Å². The molecule has 3 aromatic carbocycles. The highest BCUT2D eigenvalue weighted by Crippen LogP contribution is 2.17. The second-order valence-electron chi connectivity index (χ2n) is 6.98. The molecule has 0 aliphatic rings. The van der Waals surface area contributed by atoms with Crippen LogP contribution in [0.15, 0.2) is 94.7 Å². The number of hydrogen-bond donors (Lipinski definition) is 4. The number of sulfonamides is 1. The number of pyridine rings is 1. The molecule has 0 bridgehead atoms. The third-order valence-corrected chi connectivity index (χ3v) is 6.13. The third-order valence-electron chi connectivity index (χ3n) is 4.76. The Morgan fingerprint density at radius 1 is 0.788 bits per heavy atom. The molecule has 0 spiro atoms. The molecule has 9 nitrogen and oxygen atoms in total. The van der Waals surface area contributed by atoms with Gasteiger partial charge in [0, 0.05) is 28.4 Å². The van der Waals surface area contributed by atoms with E-state index in [1.807, 2.05) is 0 Å². The van der Waals surface area contributed by atoms with Gasteiger partial charge in [0.2, 0.25) is 5.43 Å². The Balaban J connectivity index is 1.48. The number of nitrogens with one attached hydrogen (secondary N) is 4. The van der Waals surface area contributed by atoms with Gasteiger partial charge >= 0.3 is 0 Å². The van der Waals surface area contributed by atoms with Gasteiger partial charge in [0.25, 0.3) is 21.8 Å². The third kappa shape index (κ3) is 4.75. The minimum absolute atomic E-state index is 0.00124. The Bertz CT molecular complexity index is 1510. The van der Waals surface area contributed by atoms with Crippen LogP contribution >= 0.6 is 0 Å². The van der Waals surface area contributed by atoms with Gasteiger partial charge in [0.15, 0.2) is 0 Å². The standard InChI is InChI=1S/C23H18N4O5S/c28-21-18-11-4-5-12-20(18)24-14-19(21)23(30)26-25-22(29)15-7-6-10-17(13-15)33(31,32)27-16-8-2-1-3-9-16/h1-14,27H,(H,24,28)(H,25,29)(H,26,30). The van der Waals surface area contributed by atoms with Gasteiger partial charge in [-0.15, -0.1) is 0 Å². The van der Waals surface area contributed by atoms with Crippen LogP contribution in [-0.4, -0.2) is 25.2 Å². The van der Waals surface area contributed by atoms with E-state index < -0.39 is 27.3 Å². The van der Waals surface area contributed by atoms with Crippen LogP contribution in [-0.2, 0) is 10.0 Å². The molecule has 0 atom stereocenters. The first-order valence-corrected chi connectivity index (χ1v) is 11.2. The van der Waals surface area contributed by atoms with Crippen LogP contribution < -0.4 is 21.0 Å². The highest BCUT2D eigenvalue weighted by atomic mass is 32.2. The first kappa shape index (κ1) is 21.8. The van der Waals surface area contributed by atoms with E-state index in [1.54, 1.807) is 54.6 Å². The molecule has 0 fully saturated rings. The number of hydrogen-bond acceptors (Lipinski definition) is 5. The van der Waals surface area contributed by atoms with Crippen molar-refractivity contribution in [2.24, 2.45) is 0 Å². The second kappa shape index (κ2) is 8.97. The molecule has 33 heavy (non-hydrogen) atoms. The Hall–Kier alpha value is -4.44. The predicted octanol–water partition coefficient (Wildman–Crippen LogP) is 2.40. The summed E-state index contributed by atoms with van der Waals surface area (Å²) in [5.74, 6) is -1.57. The van der Waals surface area contributed by atoms with Crippen molar-refractivity contribution in [1.82, 2.24) is 15.8 Å². The Labute approximate surface area is 188 Å². The summed E-state index contributed by atoms with van der Waals surface area (Å²) in [4.78, 5) is 40.2. The number of anilines is 1. The van der Waals surface area contributed by atoms with Crippen molar-refractivity contribution < 1.29 is 18.0 Å². The molecule has 4 aromatic rings. The minimum atomic E-state index is -3.93. The predicted molar refractivity (Wildman–Crippen MR) is 123 cm³/mol. The fraction of sp³-hybridized carbons (Fsp3) is 0. The lowest BCUT2D eigenvalue weighted by Gasteiger charge is -2.10. The van der Waals surface area contributed by atoms with E-state index in [2.05, 4.69) is 20.6 Å². The highest BCUT2D eigenvalue weighted by Gasteiger charge is 2.18. The van der Waals surface area contributed by atoms with Crippen molar-refractivity contribution in [3.05, 3.63) is 106 Å². The van der Waals surface area contributed by atoms with E-state index in [9.17, 15) is 22.8 Å². The van der Waals surface area contributed by atoms with Gasteiger partial charge in [-0.3, -0.25) is 30.0 Å². The number of hydrazine groups is 1. The van der Waals surface area contributed by atoms with Crippen LogP contribution in [0.3, 0.4) is 0 Å². The Kier molecular flexibility index (Phi) is 5.92. The summed E-state index contributed by atoms with van der Waals surface area (Å²) in [6.07, 6.45) is 1.26. The fourth-order valence-electron chi connectivity index (χ4n) is 3.11. The smallest absolute Gasteiger partial charge is 0.275 e. The van der Waals surface area contributed by atoms with Gasteiger partial charge in [-0.2, -0.15) is 0 Å². The average molecular weight is 462 g/mol. The summed E-state index contributed by atoms with van der Waals surface area (Å²) in [5, 5.41) is 0.334. The molecule has 0 radical (unpaired) electrons. The summed E-state index contributed by atoms with van der Waals surface area (Å²) in [5.41, 5.74) is 4.65. The number of para-hydroxylation sites is 2. The number of aromatic amines is 1. The zero-order chi connectivity index (χ0) is 23.4. The molecule has 1 aromatic heterocycles. The van der Waals surface area contributed by atoms with E-state index in [4.69, 9.17) is 0 Å². The molecule has 0 unspecified atom stereocenters. The van der Waals surface area contributed by atoms with Crippen molar-refractivity contribution in [2.75, 3.05) is 4.72 Å². The zero-order valence-corrected chi connectivity index (χ0v) is 17.8. The Morgan fingerprint density at radius 3 is 2.27 bits per heavy atom. The largest absolute Gasteiger partial charge is 0.360 e. The maximum absolute atomic E-state index is 12.6. The van der Waals surface area contributed by atoms with Gasteiger partial charge in [0.05, 0.1) is 4.90 Å². The van der Waals surface area contributed by atoms with E-state index in [-0.39, 0.29) is 16.0 Å². The van der Waals surface area contributed by atoms with Gasteiger partial charge < -0.3 is 4.98 Å². The molecule has 4 N–H and O–H groups in total. The molecule has 0 aliphatic carbocycles. The number of carbonyl (C=O) groups excluding carboxylic acids is 2. The van der Waals surface area contributed by atoms with Crippen LogP contribution in [0.4, 0.5) is 5.69 Å². The molecule has 0 saturated carbocycles. The number of aromatic nitrogens is 1. The first-order valence-electron chi connectivity index (χ1n) is 9.74. The number of benzene rings is 3. The van der Waals surface area contributed by atoms with Crippen LogP contribution in [0.25, 0.3) is 10.9 Å². The van der Waals surface area contributed by atoms with Gasteiger partial charge in [-0.05, 0) is 42.5 Å². The molecule has 10 heteroatoms. The molecule has 4 rings (SSSR count). The fourth-order valence-corrected chi connectivity index (χ4v) is 4.22. The molecular weight excluding hydrogens is 444 g/mol. The van der Waals surface area contributed by atoms with Crippen LogP contribution in [0, 0.1) is 0 Å². The van der Waals surface area contributed by atoms with E-state index >= 15 is 0 Å². The van der Waals surface area contributed by atoms with Crippen LogP contribution in [0.5, 0.6) is 0 Å². The second-order valence-corrected chi connectivity index (χ2v) is 8.67. The van der Waals surface area contributed by atoms with Crippen molar-refractivity contribution in [2.45, 2.75) is 4.90 Å². The van der Waals surface area contributed by atoms with Crippen molar-refractivity contribution in [1.29, 1.82) is 0 Å².